The van der Waals surface area contributed by atoms with Gasteiger partial charge in [-0.25, -0.2) is 0 Å². The van der Waals surface area contributed by atoms with Gasteiger partial charge in [-0.1, -0.05) is 0 Å². The normalized spacial score (nSPS) is 14.7. The Hall–Kier alpha value is -4.22. The van der Waals surface area contributed by atoms with Crippen molar-refractivity contribution in [2.45, 2.75) is 56.6 Å². The molecule has 0 aromatic heterocycles. The van der Waals surface area contributed by atoms with Gasteiger partial charge in [0.05, 0.1) is 59.6 Å². The third-order valence-electron chi connectivity index (χ3n) is 8.35. The van der Waals surface area contributed by atoms with Gasteiger partial charge in [-0.15, -0.1) is 0 Å². The quantitative estimate of drug-likeness (QED) is 0.0883. The molecule has 0 aliphatic heterocycles. The number of ether oxygens (including phenoxy) is 1. The van der Waals surface area contributed by atoms with Crippen LogP contribution in [-0.2, 0) is 47.5 Å². The monoisotopic (exact) mass is 828 g/mol. The van der Waals surface area contributed by atoms with E-state index in [1.807, 2.05) is 0 Å². The Morgan fingerprint density at radius 2 is 0.818 bits per heavy atom. The highest BCUT2D eigenvalue weighted by Gasteiger charge is 2.53. The van der Waals surface area contributed by atoms with Crippen LogP contribution >= 0.6 is 0 Å². The van der Waals surface area contributed by atoms with E-state index in [0.29, 0.717) is 0 Å². The molecule has 0 radical (unpaired) electrons. The van der Waals surface area contributed by atoms with E-state index in [-0.39, 0.29) is 36.9 Å². The third kappa shape index (κ3) is 10.4. The highest BCUT2D eigenvalue weighted by atomic mass is 19.4. The van der Waals surface area contributed by atoms with Gasteiger partial charge >= 0.3 is 44.4 Å². The molecule has 55 heavy (non-hydrogen) atoms. The summed E-state index contributed by atoms with van der Waals surface area (Å²) >= 11 is 0. The molecule has 306 valence electrons. The van der Waals surface area contributed by atoms with Crippen molar-refractivity contribution in [2.75, 3.05) is 27.7 Å². The SMILES string of the molecule is CC[N+](C)(C)C(C)(OC)c1c(OB(Oc2cc(C(F)(F)F)cc(C(F)(F)F)c2)Oc2cc(C(F)(F)F)cc(C(F)(F)F)c2)cc(C(F)(F)F)cc1C(F)(F)F. The van der Waals surface area contributed by atoms with Gasteiger partial charge < -0.3 is 18.7 Å². The molecule has 0 saturated heterocycles. The van der Waals surface area contributed by atoms with Gasteiger partial charge in [-0.05, 0) is 55.5 Å². The van der Waals surface area contributed by atoms with Crippen molar-refractivity contribution < 1.29 is 102 Å². The van der Waals surface area contributed by atoms with Crippen LogP contribution in [0.2, 0.25) is 0 Å². The average molecular weight is 828 g/mol. The number of hydrogen-bond acceptors (Lipinski definition) is 4. The predicted molar refractivity (Wildman–Crippen MR) is 154 cm³/mol. The molecule has 3 aromatic rings. The van der Waals surface area contributed by atoms with Crippen molar-refractivity contribution in [3.63, 3.8) is 0 Å². The van der Waals surface area contributed by atoms with Crippen molar-refractivity contribution in [1.29, 1.82) is 0 Å². The molecule has 24 heteroatoms. The molecule has 1 atom stereocenters. The molecule has 0 heterocycles. The maximum absolute atomic E-state index is 14.6. The lowest BCUT2D eigenvalue weighted by Gasteiger charge is -2.46. The Bertz CT molecular complexity index is 1700. The van der Waals surface area contributed by atoms with Gasteiger partial charge in [0.25, 0.3) is 0 Å². The lowest BCUT2D eigenvalue weighted by atomic mass is 9.91. The van der Waals surface area contributed by atoms with E-state index in [4.69, 9.17) is 18.7 Å². The van der Waals surface area contributed by atoms with Crippen LogP contribution in [0.5, 0.6) is 17.2 Å². The summed E-state index contributed by atoms with van der Waals surface area (Å²) in [6.07, 6.45) is -33.8. The number of alkyl halides is 18. The summed E-state index contributed by atoms with van der Waals surface area (Å²) in [6.45, 7) is 2.11. The van der Waals surface area contributed by atoms with E-state index >= 15 is 0 Å². The Kier molecular flexibility index (Phi) is 12.1. The molecule has 0 N–H and O–H groups in total. The molecule has 1 unspecified atom stereocenters. The molecule has 0 amide bonds. The maximum Gasteiger partial charge on any atom is 0.864 e. The largest absolute Gasteiger partial charge is 0.864 e. The minimum Gasteiger partial charge on any atom is -0.490 e. The fourth-order valence-corrected chi connectivity index (χ4v) is 4.91. The van der Waals surface area contributed by atoms with Crippen molar-refractivity contribution in [2.24, 2.45) is 0 Å². The standard InChI is InChI=1S/C31H25BF18NO4/c1-6-51(3,4)25(2,52-5)24-22(31(48,49)50)13-19(30(45,46)47)14-23(24)55-32(53-20-9-15(26(33,34)35)7-16(10-20)27(36,37)38)54-21-11-17(28(39,40)41)8-18(12-21)29(42,43)44/h7-14H,6H2,1-5H3/q+1. The number of nitrogens with zero attached hydrogens (tertiary/aromatic N) is 1. The van der Waals surface area contributed by atoms with E-state index in [9.17, 15) is 79.0 Å². The van der Waals surface area contributed by atoms with Crippen LogP contribution in [0.3, 0.4) is 0 Å². The van der Waals surface area contributed by atoms with Crippen molar-refractivity contribution >= 4 is 7.32 Å². The van der Waals surface area contributed by atoms with Crippen LogP contribution in [0.15, 0.2) is 48.5 Å². The van der Waals surface area contributed by atoms with E-state index in [0.717, 1.165) is 14.0 Å². The summed E-state index contributed by atoms with van der Waals surface area (Å²) in [7, 11) is -0.128. The molecule has 0 bridgehead atoms. The first-order chi connectivity index (χ1) is 24.5. The zero-order chi connectivity index (χ0) is 42.5. The smallest absolute Gasteiger partial charge is 0.490 e. The molecule has 0 aliphatic rings. The summed E-state index contributed by atoms with van der Waals surface area (Å²) in [6, 6.07) is -2.24. The lowest BCUT2D eigenvalue weighted by Crippen LogP contribution is -2.57. The van der Waals surface area contributed by atoms with Gasteiger partial charge in [-0.3, -0.25) is 4.48 Å². The van der Waals surface area contributed by atoms with Crippen LogP contribution < -0.4 is 14.0 Å². The second-order valence-corrected chi connectivity index (χ2v) is 12.2. The van der Waals surface area contributed by atoms with Crippen LogP contribution in [0.25, 0.3) is 0 Å². The first-order valence-electron chi connectivity index (χ1n) is 14.8. The summed E-state index contributed by atoms with van der Waals surface area (Å²) in [4.78, 5) is 0. The average Bonchev–Trinajstić information content (AvgIpc) is 3.01. The van der Waals surface area contributed by atoms with Gasteiger partial charge in [0.1, 0.15) is 17.2 Å². The minimum absolute atomic E-state index is 0.155. The molecule has 0 spiro atoms. The summed E-state index contributed by atoms with van der Waals surface area (Å²) < 4.78 is 269. The Labute approximate surface area is 299 Å². The highest BCUT2D eigenvalue weighted by molar-refractivity contribution is 6.39. The van der Waals surface area contributed by atoms with Gasteiger partial charge in [0, 0.05) is 14.0 Å². The van der Waals surface area contributed by atoms with Crippen LogP contribution in [0.4, 0.5) is 79.0 Å². The van der Waals surface area contributed by atoms with Crippen molar-refractivity contribution in [1.82, 2.24) is 0 Å². The number of halogens is 18. The zero-order valence-corrected chi connectivity index (χ0v) is 28.3. The van der Waals surface area contributed by atoms with E-state index in [1.54, 1.807) is 0 Å². The van der Waals surface area contributed by atoms with Crippen molar-refractivity contribution in [3.8, 4) is 17.2 Å². The summed E-state index contributed by atoms with van der Waals surface area (Å²) in [5.41, 5.74) is -16.6. The zero-order valence-electron chi connectivity index (χ0n) is 28.3. The van der Waals surface area contributed by atoms with Crippen LogP contribution in [0.1, 0.15) is 52.8 Å². The molecule has 3 rings (SSSR count). The molecule has 3 aromatic carbocycles. The Morgan fingerprint density at radius 3 is 1.09 bits per heavy atom. The minimum atomic E-state index is -5.73. The van der Waals surface area contributed by atoms with Gasteiger partial charge in [0.2, 0.25) is 5.72 Å². The van der Waals surface area contributed by atoms with Crippen molar-refractivity contribution in [3.05, 3.63) is 87.5 Å². The van der Waals surface area contributed by atoms with Gasteiger partial charge in [-0.2, -0.15) is 79.0 Å². The number of hydrogen-bond donors (Lipinski definition) is 0. The molecule has 0 saturated carbocycles. The van der Waals surface area contributed by atoms with E-state index in [1.165, 1.54) is 21.0 Å². The number of methoxy groups -OCH3 is 1. The molecular weight excluding hydrogens is 803 g/mol. The molecule has 0 aliphatic carbocycles. The predicted octanol–water partition coefficient (Wildman–Crippen LogP) is 11.2. The first-order valence-corrected chi connectivity index (χ1v) is 14.8. The molecular formula is C31H25BF18NO4+. The Morgan fingerprint density at radius 1 is 0.491 bits per heavy atom. The van der Waals surface area contributed by atoms with E-state index in [2.05, 4.69) is 0 Å². The topological polar surface area (TPSA) is 36.9 Å². The molecule has 0 fully saturated rings. The summed E-state index contributed by atoms with van der Waals surface area (Å²) in [5.74, 6) is -4.89. The Balaban J connectivity index is 2.50. The maximum atomic E-state index is 14.6. The molecule has 5 nitrogen and oxygen atoms in total. The van der Waals surface area contributed by atoms with E-state index < -0.39 is 129 Å². The third-order valence-corrected chi connectivity index (χ3v) is 8.35. The second kappa shape index (κ2) is 14.7. The highest BCUT2D eigenvalue weighted by Crippen LogP contribution is 2.49. The van der Waals surface area contributed by atoms with Crippen LogP contribution in [-0.4, -0.2) is 39.6 Å². The lowest BCUT2D eigenvalue weighted by molar-refractivity contribution is -0.972. The fourth-order valence-electron chi connectivity index (χ4n) is 4.91. The van der Waals surface area contributed by atoms with Crippen LogP contribution in [0, 0.1) is 0 Å². The fraction of sp³-hybridized carbons (Fsp3) is 0.419. The number of benzene rings is 3. The summed E-state index contributed by atoms with van der Waals surface area (Å²) in [5, 5.41) is 0. The number of quaternary nitrogens is 1. The first kappa shape index (κ1) is 45.2. The second-order valence-electron chi connectivity index (χ2n) is 12.2. The number of rotatable bonds is 10. The van der Waals surface area contributed by atoms with Gasteiger partial charge in [0.15, 0.2) is 0 Å².